The minimum Gasteiger partial charge on any atom is -0.442 e. The standard InChI is InChI=1S/C9H6N2O2/c12-5-7-2-1-3-8(11-7)9-4-10-6-13-9/h1-6H. The lowest BCUT2D eigenvalue weighted by atomic mass is 10.3. The highest BCUT2D eigenvalue weighted by atomic mass is 16.3. The van der Waals surface area contributed by atoms with Gasteiger partial charge in [0.25, 0.3) is 0 Å². The number of aldehydes is 1. The Morgan fingerprint density at radius 1 is 1.38 bits per heavy atom. The quantitative estimate of drug-likeness (QED) is 0.648. The molecule has 0 spiro atoms. The van der Waals surface area contributed by atoms with E-state index >= 15 is 0 Å². The van der Waals surface area contributed by atoms with Crippen LogP contribution in [-0.2, 0) is 0 Å². The van der Waals surface area contributed by atoms with Crippen LogP contribution in [-0.4, -0.2) is 16.3 Å². The van der Waals surface area contributed by atoms with Crippen molar-refractivity contribution in [3.63, 3.8) is 0 Å². The third-order valence-corrected chi connectivity index (χ3v) is 1.58. The summed E-state index contributed by atoms with van der Waals surface area (Å²) in [6, 6.07) is 5.13. The Morgan fingerprint density at radius 3 is 3.00 bits per heavy atom. The van der Waals surface area contributed by atoms with Gasteiger partial charge in [0.15, 0.2) is 18.4 Å². The molecule has 4 heteroatoms. The lowest BCUT2D eigenvalue weighted by molar-refractivity contribution is 0.111. The second-order valence-electron chi connectivity index (χ2n) is 2.43. The van der Waals surface area contributed by atoms with E-state index in [0.717, 1.165) is 0 Å². The van der Waals surface area contributed by atoms with Gasteiger partial charge >= 0.3 is 0 Å². The first-order valence-corrected chi connectivity index (χ1v) is 3.71. The van der Waals surface area contributed by atoms with E-state index in [1.165, 1.54) is 6.39 Å². The molecule has 0 fully saturated rings. The van der Waals surface area contributed by atoms with Crippen LogP contribution in [0.3, 0.4) is 0 Å². The summed E-state index contributed by atoms with van der Waals surface area (Å²) in [7, 11) is 0. The number of rotatable bonds is 2. The molecule has 4 nitrogen and oxygen atoms in total. The van der Waals surface area contributed by atoms with Crippen molar-refractivity contribution in [2.75, 3.05) is 0 Å². The van der Waals surface area contributed by atoms with Gasteiger partial charge in [-0.1, -0.05) is 6.07 Å². The molecule has 0 radical (unpaired) electrons. The normalized spacial score (nSPS) is 9.85. The molecule has 0 aliphatic rings. The lowest BCUT2D eigenvalue weighted by Crippen LogP contribution is -1.87. The first-order chi connectivity index (χ1) is 6.40. The van der Waals surface area contributed by atoms with E-state index in [9.17, 15) is 4.79 Å². The number of aromatic nitrogens is 2. The van der Waals surface area contributed by atoms with E-state index in [4.69, 9.17) is 4.42 Å². The number of pyridine rings is 1. The van der Waals surface area contributed by atoms with Crippen molar-refractivity contribution in [2.24, 2.45) is 0 Å². The van der Waals surface area contributed by atoms with E-state index < -0.39 is 0 Å². The summed E-state index contributed by atoms with van der Waals surface area (Å²) >= 11 is 0. The summed E-state index contributed by atoms with van der Waals surface area (Å²) in [4.78, 5) is 18.2. The SMILES string of the molecule is O=Cc1cccc(-c2cnco2)n1. The molecule has 2 rings (SSSR count). The van der Waals surface area contributed by atoms with Crippen molar-refractivity contribution in [1.82, 2.24) is 9.97 Å². The summed E-state index contributed by atoms with van der Waals surface area (Å²) in [5.41, 5.74) is 0.996. The van der Waals surface area contributed by atoms with E-state index in [-0.39, 0.29) is 0 Å². The summed E-state index contributed by atoms with van der Waals surface area (Å²) in [6.45, 7) is 0. The minimum atomic E-state index is 0.383. The number of nitrogens with zero attached hydrogens (tertiary/aromatic N) is 2. The molecule has 0 saturated carbocycles. The number of carbonyl (C=O) groups excluding carboxylic acids is 1. The monoisotopic (exact) mass is 174 g/mol. The fraction of sp³-hybridized carbons (Fsp3) is 0. The van der Waals surface area contributed by atoms with Gasteiger partial charge in [-0.15, -0.1) is 0 Å². The fourth-order valence-electron chi connectivity index (χ4n) is 0.997. The second-order valence-corrected chi connectivity index (χ2v) is 2.43. The van der Waals surface area contributed by atoms with Crippen LogP contribution in [0.1, 0.15) is 10.5 Å². The molecule has 2 aromatic rings. The maximum atomic E-state index is 10.4. The molecule has 0 aliphatic heterocycles. The molecule has 0 bridgehead atoms. The fourth-order valence-corrected chi connectivity index (χ4v) is 0.997. The molecule has 0 unspecified atom stereocenters. The number of hydrogen-bond donors (Lipinski definition) is 0. The second kappa shape index (κ2) is 3.18. The molecule has 0 atom stereocenters. The van der Waals surface area contributed by atoms with E-state index in [1.807, 2.05) is 0 Å². The summed E-state index contributed by atoms with van der Waals surface area (Å²) < 4.78 is 5.03. The van der Waals surface area contributed by atoms with Gasteiger partial charge in [-0.3, -0.25) is 4.79 Å². The van der Waals surface area contributed by atoms with Crippen molar-refractivity contribution < 1.29 is 9.21 Å². The van der Waals surface area contributed by atoms with Crippen LogP contribution in [0.15, 0.2) is 35.2 Å². The largest absolute Gasteiger partial charge is 0.442 e. The van der Waals surface area contributed by atoms with Crippen LogP contribution in [0, 0.1) is 0 Å². The third-order valence-electron chi connectivity index (χ3n) is 1.58. The van der Waals surface area contributed by atoms with Crippen LogP contribution in [0.25, 0.3) is 11.5 Å². The van der Waals surface area contributed by atoms with Crippen molar-refractivity contribution in [1.29, 1.82) is 0 Å². The summed E-state index contributed by atoms with van der Waals surface area (Å²) in [5, 5.41) is 0. The molecule has 0 N–H and O–H groups in total. The average Bonchev–Trinajstić information content (AvgIpc) is 2.71. The van der Waals surface area contributed by atoms with Crippen LogP contribution in [0.5, 0.6) is 0 Å². The Bertz CT molecular complexity index is 409. The zero-order valence-corrected chi connectivity index (χ0v) is 6.68. The molecular weight excluding hydrogens is 168 g/mol. The van der Waals surface area contributed by atoms with Gasteiger partial charge in [0, 0.05) is 0 Å². The number of carbonyl (C=O) groups is 1. The molecule has 0 aromatic carbocycles. The highest BCUT2D eigenvalue weighted by Crippen LogP contribution is 2.15. The summed E-state index contributed by atoms with van der Waals surface area (Å²) in [5.74, 6) is 0.559. The maximum Gasteiger partial charge on any atom is 0.181 e. The van der Waals surface area contributed by atoms with Crippen LogP contribution in [0.4, 0.5) is 0 Å². The van der Waals surface area contributed by atoms with Gasteiger partial charge in [-0.05, 0) is 12.1 Å². The third kappa shape index (κ3) is 1.46. The van der Waals surface area contributed by atoms with Gasteiger partial charge < -0.3 is 4.42 Å². The van der Waals surface area contributed by atoms with E-state index in [0.29, 0.717) is 23.4 Å². The van der Waals surface area contributed by atoms with Gasteiger partial charge in [-0.25, -0.2) is 9.97 Å². The van der Waals surface area contributed by atoms with Crippen molar-refractivity contribution >= 4 is 6.29 Å². The first kappa shape index (κ1) is 7.67. The van der Waals surface area contributed by atoms with Crippen molar-refractivity contribution in [2.45, 2.75) is 0 Å². The Hall–Kier alpha value is -1.97. The molecule has 2 heterocycles. The number of hydrogen-bond acceptors (Lipinski definition) is 4. The maximum absolute atomic E-state index is 10.4. The van der Waals surface area contributed by atoms with Gasteiger partial charge in [0.1, 0.15) is 11.4 Å². The van der Waals surface area contributed by atoms with Gasteiger partial charge in [0.05, 0.1) is 6.20 Å². The van der Waals surface area contributed by atoms with Gasteiger partial charge in [-0.2, -0.15) is 0 Å². The van der Waals surface area contributed by atoms with E-state index in [2.05, 4.69) is 9.97 Å². The molecule has 13 heavy (non-hydrogen) atoms. The minimum absolute atomic E-state index is 0.383. The van der Waals surface area contributed by atoms with Crippen LogP contribution >= 0.6 is 0 Å². The average molecular weight is 174 g/mol. The van der Waals surface area contributed by atoms with Crippen molar-refractivity contribution in [3.8, 4) is 11.5 Å². The molecule has 2 aromatic heterocycles. The molecule has 64 valence electrons. The first-order valence-electron chi connectivity index (χ1n) is 3.71. The predicted molar refractivity (Wildman–Crippen MR) is 45.1 cm³/mol. The highest BCUT2D eigenvalue weighted by molar-refractivity contribution is 5.73. The van der Waals surface area contributed by atoms with Crippen molar-refractivity contribution in [3.05, 3.63) is 36.5 Å². The molecule has 0 aliphatic carbocycles. The zero-order chi connectivity index (χ0) is 9.10. The molecule has 0 amide bonds. The Balaban J connectivity index is 2.47. The Kier molecular flexibility index (Phi) is 1.88. The predicted octanol–water partition coefficient (Wildman–Crippen LogP) is 1.55. The summed E-state index contributed by atoms with van der Waals surface area (Å²) in [6.07, 6.45) is 3.57. The number of oxazole rings is 1. The van der Waals surface area contributed by atoms with Crippen LogP contribution < -0.4 is 0 Å². The highest BCUT2D eigenvalue weighted by Gasteiger charge is 2.02. The molecule has 0 saturated heterocycles. The smallest absolute Gasteiger partial charge is 0.181 e. The van der Waals surface area contributed by atoms with Gasteiger partial charge in [0.2, 0.25) is 0 Å². The molecular formula is C9H6N2O2. The van der Waals surface area contributed by atoms with E-state index in [1.54, 1.807) is 24.4 Å². The zero-order valence-electron chi connectivity index (χ0n) is 6.68. The Morgan fingerprint density at radius 2 is 2.31 bits per heavy atom. The lowest BCUT2D eigenvalue weighted by Gasteiger charge is -1.94. The Labute approximate surface area is 74.2 Å². The van der Waals surface area contributed by atoms with Crippen LogP contribution in [0.2, 0.25) is 0 Å². The topological polar surface area (TPSA) is 56.0 Å².